The van der Waals surface area contributed by atoms with Gasteiger partial charge in [0.2, 0.25) is 0 Å². The van der Waals surface area contributed by atoms with Crippen LogP contribution >= 0.6 is 0 Å². The molecule has 2 N–H and O–H groups in total. The molecule has 0 amide bonds. The molecular formula is C24H21F3N6O2. The number of rotatable bonds is 7. The van der Waals surface area contributed by atoms with E-state index in [1.807, 2.05) is 48.7 Å². The van der Waals surface area contributed by atoms with Gasteiger partial charge in [-0.1, -0.05) is 30.3 Å². The Hall–Kier alpha value is -4.28. The second kappa shape index (κ2) is 8.82. The molecule has 0 radical (unpaired) electrons. The molecule has 1 atom stereocenters. The number of methoxy groups -OCH3 is 2. The van der Waals surface area contributed by atoms with E-state index in [1.54, 1.807) is 20.3 Å². The maximum absolute atomic E-state index is 13.3. The van der Waals surface area contributed by atoms with Crippen molar-refractivity contribution in [1.82, 2.24) is 24.8 Å². The Morgan fingerprint density at radius 2 is 1.80 bits per heavy atom. The number of benzene rings is 2. The first-order chi connectivity index (χ1) is 16.9. The normalized spacial score (nSPS) is 12.7. The highest BCUT2D eigenvalue weighted by Crippen LogP contribution is 2.40. The third kappa shape index (κ3) is 4.09. The predicted molar refractivity (Wildman–Crippen MR) is 124 cm³/mol. The number of anilines is 1. The zero-order chi connectivity index (χ0) is 24.6. The Kier molecular flexibility index (Phi) is 5.67. The van der Waals surface area contributed by atoms with E-state index < -0.39 is 12.0 Å². The van der Waals surface area contributed by atoms with Gasteiger partial charge in [-0.2, -0.15) is 17.7 Å². The zero-order valence-electron chi connectivity index (χ0n) is 18.8. The minimum absolute atomic E-state index is 0.00511. The summed E-state index contributed by atoms with van der Waals surface area (Å²) in [7, 11) is 3.14. The molecule has 11 heteroatoms. The van der Waals surface area contributed by atoms with E-state index in [-0.39, 0.29) is 17.4 Å². The summed E-state index contributed by atoms with van der Waals surface area (Å²) in [5.41, 5.74) is 2.81. The third-order valence-electron chi connectivity index (χ3n) is 5.81. The summed E-state index contributed by atoms with van der Waals surface area (Å²) in [5, 5.41) is 15.1. The number of ether oxygens (including phenoxy) is 2. The van der Waals surface area contributed by atoms with Crippen LogP contribution in [0.15, 0.2) is 60.8 Å². The van der Waals surface area contributed by atoms with E-state index in [0.717, 1.165) is 22.0 Å². The highest BCUT2D eigenvalue weighted by Gasteiger charge is 2.37. The summed E-state index contributed by atoms with van der Waals surface area (Å²) >= 11 is 0. The molecule has 1 unspecified atom stereocenters. The highest BCUT2D eigenvalue weighted by molar-refractivity contribution is 5.84. The first-order valence-electron chi connectivity index (χ1n) is 10.7. The standard InChI is InChI=1S/C24H21F3N6O2/c1-34-19-9-5-7-15(22(19)35-2)17(16-12-28-18-8-4-3-6-14(16)18)13-29-20-10-11-21-30-31-23(24(25,26)27)33(21)32-20/h3-12,17,28H,13H2,1-2H3,(H,29,32). The third-order valence-corrected chi connectivity index (χ3v) is 5.81. The fourth-order valence-corrected chi connectivity index (χ4v) is 4.22. The second-order valence-electron chi connectivity index (χ2n) is 7.82. The summed E-state index contributed by atoms with van der Waals surface area (Å²) in [6.07, 6.45) is -2.75. The molecule has 5 rings (SSSR count). The molecule has 3 heterocycles. The molecule has 0 aliphatic carbocycles. The van der Waals surface area contributed by atoms with Crippen molar-refractivity contribution in [2.24, 2.45) is 0 Å². The van der Waals surface area contributed by atoms with Crippen LogP contribution in [0.5, 0.6) is 11.5 Å². The summed E-state index contributed by atoms with van der Waals surface area (Å²) in [6.45, 7) is 0.313. The molecule has 5 aromatic rings. The number of hydrogen-bond acceptors (Lipinski definition) is 6. The molecule has 8 nitrogen and oxygen atoms in total. The van der Waals surface area contributed by atoms with Gasteiger partial charge >= 0.3 is 6.18 Å². The van der Waals surface area contributed by atoms with Crippen molar-refractivity contribution in [2.75, 3.05) is 26.1 Å². The number of aromatic amines is 1. The first-order valence-corrected chi connectivity index (χ1v) is 10.7. The van der Waals surface area contributed by atoms with Crippen LogP contribution in [0.3, 0.4) is 0 Å². The van der Waals surface area contributed by atoms with Crippen LogP contribution in [0.2, 0.25) is 0 Å². The Bertz CT molecular complexity index is 1490. The quantitative estimate of drug-likeness (QED) is 0.344. The van der Waals surface area contributed by atoms with Gasteiger partial charge in [0.1, 0.15) is 5.82 Å². The fourth-order valence-electron chi connectivity index (χ4n) is 4.22. The molecule has 0 bridgehead atoms. The Morgan fingerprint density at radius 1 is 0.971 bits per heavy atom. The largest absolute Gasteiger partial charge is 0.493 e. The molecule has 0 saturated carbocycles. The monoisotopic (exact) mass is 482 g/mol. The van der Waals surface area contributed by atoms with Gasteiger partial charge in [-0.15, -0.1) is 15.3 Å². The fraction of sp³-hybridized carbons (Fsp3) is 0.208. The Labute approximate surface area is 197 Å². The van der Waals surface area contributed by atoms with Crippen molar-refractivity contribution in [1.29, 1.82) is 0 Å². The lowest BCUT2D eigenvalue weighted by atomic mass is 9.90. The topological polar surface area (TPSA) is 89.4 Å². The summed E-state index contributed by atoms with van der Waals surface area (Å²) in [6, 6.07) is 16.5. The molecule has 0 spiro atoms. The highest BCUT2D eigenvalue weighted by atomic mass is 19.4. The van der Waals surface area contributed by atoms with Crippen LogP contribution in [0.1, 0.15) is 22.9 Å². The first kappa shape index (κ1) is 22.5. The van der Waals surface area contributed by atoms with Crippen LogP contribution in [-0.2, 0) is 6.18 Å². The number of para-hydroxylation sites is 2. The molecule has 2 aromatic carbocycles. The van der Waals surface area contributed by atoms with Crippen molar-refractivity contribution in [3.05, 3.63) is 77.7 Å². The van der Waals surface area contributed by atoms with E-state index >= 15 is 0 Å². The van der Waals surface area contributed by atoms with Crippen LogP contribution in [0.25, 0.3) is 16.6 Å². The molecule has 0 aliphatic heterocycles. The van der Waals surface area contributed by atoms with Gasteiger partial charge in [0.05, 0.1) is 14.2 Å². The predicted octanol–water partition coefficient (Wildman–Crippen LogP) is 4.89. The molecule has 0 saturated heterocycles. The van der Waals surface area contributed by atoms with Gasteiger partial charge in [0.25, 0.3) is 5.82 Å². The molecular weight excluding hydrogens is 461 g/mol. The van der Waals surface area contributed by atoms with Gasteiger partial charge in [0, 0.05) is 35.1 Å². The molecule has 0 aliphatic rings. The van der Waals surface area contributed by atoms with Gasteiger partial charge in [-0.05, 0) is 29.8 Å². The summed E-state index contributed by atoms with van der Waals surface area (Å²) in [5.74, 6) is -0.0349. The van der Waals surface area contributed by atoms with E-state index in [2.05, 4.69) is 25.6 Å². The van der Waals surface area contributed by atoms with Gasteiger partial charge in [-0.25, -0.2) is 0 Å². The van der Waals surface area contributed by atoms with E-state index in [0.29, 0.717) is 22.6 Å². The molecule has 0 fully saturated rings. The minimum Gasteiger partial charge on any atom is -0.493 e. The van der Waals surface area contributed by atoms with Crippen LogP contribution in [0.4, 0.5) is 19.0 Å². The number of nitrogens with zero attached hydrogens (tertiary/aromatic N) is 4. The summed E-state index contributed by atoms with van der Waals surface area (Å²) < 4.78 is 51.7. The average Bonchev–Trinajstić information content (AvgIpc) is 3.48. The number of H-pyrrole nitrogens is 1. The number of halogens is 3. The second-order valence-corrected chi connectivity index (χ2v) is 7.82. The van der Waals surface area contributed by atoms with Crippen molar-refractivity contribution >= 4 is 22.4 Å². The van der Waals surface area contributed by atoms with E-state index in [1.165, 1.54) is 6.07 Å². The van der Waals surface area contributed by atoms with Crippen molar-refractivity contribution in [2.45, 2.75) is 12.1 Å². The molecule has 3 aromatic heterocycles. The van der Waals surface area contributed by atoms with Crippen molar-refractivity contribution in [3.63, 3.8) is 0 Å². The maximum Gasteiger partial charge on any atom is 0.453 e. The van der Waals surface area contributed by atoms with E-state index in [9.17, 15) is 13.2 Å². The van der Waals surface area contributed by atoms with Crippen molar-refractivity contribution < 1.29 is 22.6 Å². The SMILES string of the molecule is COc1cccc(C(CNc2ccc3nnc(C(F)(F)F)n3n2)c2c[nH]c3ccccc23)c1OC. The van der Waals surface area contributed by atoms with Crippen LogP contribution < -0.4 is 14.8 Å². The van der Waals surface area contributed by atoms with Crippen LogP contribution in [0, 0.1) is 0 Å². The number of aromatic nitrogens is 5. The van der Waals surface area contributed by atoms with Gasteiger partial charge in [0.15, 0.2) is 17.1 Å². The van der Waals surface area contributed by atoms with Gasteiger partial charge < -0.3 is 19.8 Å². The van der Waals surface area contributed by atoms with E-state index in [4.69, 9.17) is 9.47 Å². The number of nitrogens with one attached hydrogen (secondary N) is 2. The zero-order valence-corrected chi connectivity index (χ0v) is 18.8. The number of alkyl halides is 3. The van der Waals surface area contributed by atoms with Crippen molar-refractivity contribution in [3.8, 4) is 11.5 Å². The number of fused-ring (bicyclic) bond motifs is 2. The average molecular weight is 482 g/mol. The lowest BCUT2D eigenvalue weighted by molar-refractivity contribution is -0.146. The molecule has 180 valence electrons. The minimum atomic E-state index is -4.68. The maximum atomic E-state index is 13.3. The molecule has 35 heavy (non-hydrogen) atoms. The smallest absolute Gasteiger partial charge is 0.453 e. The lowest BCUT2D eigenvalue weighted by Gasteiger charge is -2.22. The summed E-state index contributed by atoms with van der Waals surface area (Å²) in [4.78, 5) is 3.29. The lowest BCUT2D eigenvalue weighted by Crippen LogP contribution is -2.17. The van der Waals surface area contributed by atoms with Gasteiger partial charge in [-0.3, -0.25) is 0 Å². The van der Waals surface area contributed by atoms with Crippen LogP contribution in [-0.4, -0.2) is 45.6 Å². The Balaban J connectivity index is 1.56. The number of hydrogen-bond donors (Lipinski definition) is 2. The Morgan fingerprint density at radius 3 is 2.57 bits per heavy atom.